The van der Waals surface area contributed by atoms with E-state index in [0.717, 1.165) is 35.1 Å². The van der Waals surface area contributed by atoms with E-state index in [2.05, 4.69) is 34.6 Å². The predicted octanol–water partition coefficient (Wildman–Crippen LogP) is 0.309. The molecule has 1 N–H and O–H groups in total. The summed E-state index contributed by atoms with van der Waals surface area (Å²) in [6.45, 7) is 3.32. The van der Waals surface area contributed by atoms with Gasteiger partial charge in [-0.2, -0.15) is 0 Å². The first-order chi connectivity index (χ1) is 11.6. The molecule has 2 aliphatic rings. The molecule has 0 aromatic heterocycles. The van der Waals surface area contributed by atoms with Gasteiger partial charge in [0.2, 0.25) is 0 Å². The van der Waals surface area contributed by atoms with Gasteiger partial charge in [-0.3, -0.25) is 0 Å². The van der Waals surface area contributed by atoms with E-state index < -0.39 is 5.72 Å². The Kier molecular flexibility index (Phi) is 5.23. The number of amidine groups is 1. The van der Waals surface area contributed by atoms with E-state index >= 15 is 0 Å². The van der Waals surface area contributed by atoms with Crippen molar-refractivity contribution in [2.45, 2.75) is 19.1 Å². The molecule has 1 atom stereocenters. The van der Waals surface area contributed by atoms with Crippen molar-refractivity contribution in [3.63, 3.8) is 0 Å². The summed E-state index contributed by atoms with van der Waals surface area (Å²) in [6.07, 6.45) is 1.03. The number of aryl methyl sites for hydroxylation is 1. The number of hydrogen-bond acceptors (Lipinski definition) is 3. The lowest BCUT2D eigenvalue weighted by Crippen LogP contribution is -3.00. The molecule has 6 heteroatoms. The van der Waals surface area contributed by atoms with Crippen molar-refractivity contribution >= 4 is 22.6 Å². The fraction of sp³-hybridized carbons (Fsp3) is 0.316. The third-order valence-electron chi connectivity index (χ3n) is 4.66. The largest absolute Gasteiger partial charge is 1.00 e. The lowest BCUT2D eigenvalue weighted by Gasteiger charge is -2.24. The summed E-state index contributed by atoms with van der Waals surface area (Å²) in [5.74, 6) is 0.765. The molecule has 0 aliphatic carbocycles. The molecule has 132 valence electrons. The molecule has 2 aliphatic heterocycles. The van der Waals surface area contributed by atoms with Gasteiger partial charge < -0.3 is 22.1 Å². The Labute approximate surface area is 161 Å². The van der Waals surface area contributed by atoms with Crippen molar-refractivity contribution in [1.29, 1.82) is 0 Å². The molecule has 0 spiro atoms. The van der Waals surface area contributed by atoms with Crippen molar-refractivity contribution in [3.05, 3.63) is 65.5 Å². The quantitative estimate of drug-likeness (QED) is 0.705. The predicted molar refractivity (Wildman–Crippen MR) is 96.0 cm³/mol. The van der Waals surface area contributed by atoms with Gasteiger partial charge in [0.05, 0.1) is 6.54 Å². The zero-order chi connectivity index (χ0) is 16.7. The summed E-state index contributed by atoms with van der Waals surface area (Å²) >= 11 is 1.78. The van der Waals surface area contributed by atoms with Gasteiger partial charge in [-0.15, -0.1) is 0 Å². The van der Waals surface area contributed by atoms with Gasteiger partial charge in [-0.1, -0.05) is 12.1 Å². The van der Waals surface area contributed by atoms with Gasteiger partial charge in [-0.05, 0) is 67.1 Å². The molecular weight excluding hydrogens is 403 g/mol. The molecule has 2 aromatic carbocycles. The molecule has 0 amide bonds. The molecule has 25 heavy (non-hydrogen) atoms. The molecule has 0 bridgehead atoms. The van der Waals surface area contributed by atoms with Crippen LogP contribution < -0.4 is 21.9 Å². The van der Waals surface area contributed by atoms with Crippen molar-refractivity contribution in [1.82, 2.24) is 0 Å². The highest BCUT2D eigenvalue weighted by molar-refractivity contribution is 8.13. The van der Waals surface area contributed by atoms with Crippen LogP contribution >= 0.6 is 11.8 Å². The van der Waals surface area contributed by atoms with Gasteiger partial charge in [0.25, 0.3) is 5.72 Å². The SMILES string of the molecule is Cc1cccc(N2CC(O)(c3ccc(F)cc3)[N+]3=C2SCCC3)c1.[Br-]. The maximum absolute atomic E-state index is 13.3. The van der Waals surface area contributed by atoms with Crippen LogP contribution in [0.3, 0.4) is 0 Å². The number of benzene rings is 2. The molecule has 4 rings (SSSR count). The first-order valence-electron chi connectivity index (χ1n) is 8.18. The highest BCUT2D eigenvalue weighted by atomic mass is 79.9. The van der Waals surface area contributed by atoms with Crippen LogP contribution in [0, 0.1) is 12.7 Å². The van der Waals surface area contributed by atoms with Crippen molar-refractivity contribution in [2.75, 3.05) is 23.7 Å². The Morgan fingerprint density at radius 1 is 1.20 bits per heavy atom. The van der Waals surface area contributed by atoms with Crippen LogP contribution in [0.1, 0.15) is 17.5 Å². The van der Waals surface area contributed by atoms with Crippen LogP contribution in [0.5, 0.6) is 0 Å². The normalized spacial score (nSPS) is 22.6. The van der Waals surface area contributed by atoms with Gasteiger partial charge in [0.15, 0.2) is 6.54 Å². The Bertz CT molecular complexity index is 811. The summed E-state index contributed by atoms with van der Waals surface area (Å²) in [5.41, 5.74) is 1.89. The molecule has 0 fully saturated rings. The standard InChI is InChI=1S/C19H20FN2OS.BrH/c1-14-4-2-5-17(12-14)21-13-19(23,15-6-8-16(20)9-7-15)22-10-3-11-24-18(21)22;/h2,4-9,12,23H,3,10-11,13H2,1H3;1H/q+1;/p-1. The van der Waals surface area contributed by atoms with Crippen LogP contribution in [0.25, 0.3) is 0 Å². The molecule has 0 saturated carbocycles. The monoisotopic (exact) mass is 422 g/mol. The van der Waals surface area contributed by atoms with Crippen molar-refractivity contribution in [2.24, 2.45) is 0 Å². The fourth-order valence-corrected chi connectivity index (χ4v) is 4.64. The topological polar surface area (TPSA) is 26.5 Å². The third kappa shape index (κ3) is 3.23. The number of β-amino-alcohol motifs (C(OH)–C–C–N with tert-alkyl or cyclic N) is 1. The maximum atomic E-state index is 13.3. The van der Waals surface area contributed by atoms with Crippen molar-refractivity contribution < 1.29 is 31.1 Å². The second-order valence-electron chi connectivity index (χ2n) is 6.38. The minimum atomic E-state index is -1.12. The average Bonchev–Trinajstić information content (AvgIpc) is 2.90. The molecule has 0 radical (unpaired) electrons. The van der Waals surface area contributed by atoms with E-state index in [1.807, 2.05) is 6.07 Å². The van der Waals surface area contributed by atoms with Crippen molar-refractivity contribution in [3.8, 4) is 0 Å². The first-order valence-corrected chi connectivity index (χ1v) is 9.16. The number of thioether (sulfide) groups is 1. The lowest BCUT2D eigenvalue weighted by atomic mass is 10.0. The smallest absolute Gasteiger partial charge is 0.316 e. The number of halogens is 2. The number of aliphatic hydroxyl groups is 1. The van der Waals surface area contributed by atoms with E-state index in [9.17, 15) is 9.50 Å². The van der Waals surface area contributed by atoms with Gasteiger partial charge >= 0.3 is 5.17 Å². The highest BCUT2D eigenvalue weighted by Crippen LogP contribution is 2.37. The number of anilines is 1. The molecule has 1 unspecified atom stereocenters. The molecule has 0 saturated heterocycles. The summed E-state index contributed by atoms with van der Waals surface area (Å²) in [5, 5.41) is 12.6. The Morgan fingerprint density at radius 3 is 2.68 bits per heavy atom. The summed E-state index contributed by atoms with van der Waals surface area (Å²) in [7, 11) is 0. The van der Waals surface area contributed by atoms with Crippen LogP contribution in [0.2, 0.25) is 0 Å². The van der Waals surface area contributed by atoms with E-state index in [0.29, 0.717) is 6.54 Å². The highest BCUT2D eigenvalue weighted by Gasteiger charge is 2.53. The van der Waals surface area contributed by atoms with Crippen LogP contribution in [0.15, 0.2) is 48.5 Å². The Hall–Kier alpha value is -1.37. The molecule has 3 nitrogen and oxygen atoms in total. The number of rotatable bonds is 2. The van der Waals surface area contributed by atoms with Crippen LogP contribution in [0.4, 0.5) is 10.1 Å². The minimum absolute atomic E-state index is 0. The van der Waals surface area contributed by atoms with E-state index in [1.165, 1.54) is 17.7 Å². The second-order valence-corrected chi connectivity index (χ2v) is 7.45. The summed E-state index contributed by atoms with van der Waals surface area (Å²) in [4.78, 5) is 2.18. The fourth-order valence-electron chi connectivity index (χ4n) is 3.46. The number of nitrogens with zero attached hydrogens (tertiary/aromatic N) is 2. The Balaban J connectivity index is 0.00000182. The van der Waals surface area contributed by atoms with Crippen LogP contribution in [-0.2, 0) is 5.72 Å². The summed E-state index contributed by atoms with van der Waals surface area (Å²) < 4.78 is 15.4. The Morgan fingerprint density at radius 2 is 1.96 bits per heavy atom. The third-order valence-corrected chi connectivity index (χ3v) is 5.86. The second kappa shape index (κ2) is 7.09. The van der Waals surface area contributed by atoms with E-state index in [-0.39, 0.29) is 22.8 Å². The maximum Gasteiger partial charge on any atom is 0.316 e. The van der Waals surface area contributed by atoms with Gasteiger partial charge in [0, 0.05) is 11.3 Å². The van der Waals surface area contributed by atoms with Gasteiger partial charge in [0.1, 0.15) is 11.5 Å². The zero-order valence-corrected chi connectivity index (χ0v) is 16.4. The minimum Gasteiger partial charge on any atom is -1.00 e. The molecular formula is C19H20BrFN2OS. The molecule has 2 aromatic rings. The summed E-state index contributed by atoms with van der Waals surface area (Å²) in [6, 6.07) is 14.5. The van der Waals surface area contributed by atoms with E-state index in [1.54, 1.807) is 23.9 Å². The lowest BCUT2D eigenvalue weighted by molar-refractivity contribution is -0.656. The zero-order valence-electron chi connectivity index (χ0n) is 14.0. The first kappa shape index (κ1) is 18.4. The average molecular weight is 423 g/mol. The number of hydrogen-bond donors (Lipinski definition) is 1. The molecule has 2 heterocycles. The van der Waals surface area contributed by atoms with Gasteiger partial charge in [-0.25, -0.2) is 13.9 Å². The van der Waals surface area contributed by atoms with Crippen LogP contribution in [-0.4, -0.2) is 33.7 Å². The van der Waals surface area contributed by atoms with E-state index in [4.69, 9.17) is 0 Å².